The van der Waals surface area contributed by atoms with Gasteiger partial charge < -0.3 is 9.47 Å². The zero-order valence-corrected chi connectivity index (χ0v) is 22.4. The fraction of sp³-hybridized carbons (Fsp3) is 0.233. The number of halogens is 1. The molecule has 0 saturated heterocycles. The quantitative estimate of drug-likeness (QED) is 0.246. The maximum Gasteiger partial charge on any atom is 0.360 e. The van der Waals surface area contributed by atoms with Gasteiger partial charge in [0, 0.05) is 22.5 Å². The lowest BCUT2D eigenvalue weighted by atomic mass is 9.92. The molecule has 0 fully saturated rings. The summed E-state index contributed by atoms with van der Waals surface area (Å²) >= 11 is 6.35. The first kappa shape index (κ1) is 26.2. The van der Waals surface area contributed by atoms with Crippen molar-refractivity contribution in [3.63, 3.8) is 0 Å². The van der Waals surface area contributed by atoms with E-state index in [1.807, 2.05) is 80.6 Å². The molecule has 2 aromatic carbocycles. The molecule has 7 heteroatoms. The minimum absolute atomic E-state index is 0.161. The molecule has 0 saturated carbocycles. The zero-order chi connectivity index (χ0) is 26.5. The SMILES string of the molecule is C/C=C1\c2c(-c3cccc(Cl)c3)ccnc2C(OCc2ccccc2)=C(C(=O)OC)N1/N=C(\C)C(C)C. The van der Waals surface area contributed by atoms with E-state index in [4.69, 9.17) is 31.2 Å². The van der Waals surface area contributed by atoms with Crippen LogP contribution >= 0.6 is 11.6 Å². The Morgan fingerprint density at radius 1 is 1.14 bits per heavy atom. The van der Waals surface area contributed by atoms with Gasteiger partial charge in [0.2, 0.25) is 0 Å². The third-order valence-electron chi connectivity index (χ3n) is 6.18. The van der Waals surface area contributed by atoms with Crippen molar-refractivity contribution in [2.45, 2.75) is 34.3 Å². The highest BCUT2D eigenvalue weighted by atomic mass is 35.5. The monoisotopic (exact) mass is 515 g/mol. The summed E-state index contributed by atoms with van der Waals surface area (Å²) in [5, 5.41) is 7.13. The number of rotatable bonds is 7. The predicted octanol–water partition coefficient (Wildman–Crippen LogP) is 7.17. The molecule has 4 rings (SSSR count). The van der Waals surface area contributed by atoms with Crippen LogP contribution in [0.25, 0.3) is 22.6 Å². The summed E-state index contributed by atoms with van der Waals surface area (Å²) < 4.78 is 11.6. The summed E-state index contributed by atoms with van der Waals surface area (Å²) in [5.41, 5.74) is 5.82. The van der Waals surface area contributed by atoms with E-state index in [9.17, 15) is 4.79 Å². The van der Waals surface area contributed by atoms with Crippen LogP contribution in [0.4, 0.5) is 0 Å². The lowest BCUT2D eigenvalue weighted by molar-refractivity contribution is -0.137. The Morgan fingerprint density at radius 2 is 1.89 bits per heavy atom. The Morgan fingerprint density at radius 3 is 2.54 bits per heavy atom. The van der Waals surface area contributed by atoms with Crippen molar-refractivity contribution in [2.75, 3.05) is 7.11 Å². The van der Waals surface area contributed by atoms with Gasteiger partial charge in [-0.05, 0) is 54.7 Å². The summed E-state index contributed by atoms with van der Waals surface area (Å²) in [6.45, 7) is 8.20. The van der Waals surface area contributed by atoms with Crippen LogP contribution in [0.2, 0.25) is 5.02 Å². The molecule has 1 aliphatic heterocycles. The summed E-state index contributed by atoms with van der Waals surface area (Å²) in [4.78, 5) is 18.0. The number of carbonyl (C=O) groups is 1. The molecule has 3 aromatic rings. The molecule has 0 bridgehead atoms. The maximum atomic E-state index is 13.3. The molecule has 0 atom stereocenters. The number of hydrazone groups is 1. The number of pyridine rings is 1. The van der Waals surface area contributed by atoms with E-state index in [2.05, 4.69) is 13.8 Å². The Labute approximate surface area is 222 Å². The third kappa shape index (κ3) is 5.44. The van der Waals surface area contributed by atoms with Crippen molar-refractivity contribution in [1.82, 2.24) is 9.99 Å². The second-order valence-corrected chi connectivity index (χ2v) is 9.35. The number of hydrogen-bond donors (Lipinski definition) is 0. The molecular formula is C30H30ClN3O3. The van der Waals surface area contributed by atoms with E-state index in [-0.39, 0.29) is 18.2 Å². The van der Waals surface area contributed by atoms with Gasteiger partial charge in [-0.15, -0.1) is 0 Å². The van der Waals surface area contributed by atoms with E-state index < -0.39 is 5.97 Å². The first-order valence-electron chi connectivity index (χ1n) is 12.1. The van der Waals surface area contributed by atoms with Gasteiger partial charge in [0.15, 0.2) is 11.5 Å². The van der Waals surface area contributed by atoms with E-state index in [0.29, 0.717) is 22.2 Å². The Hall–Kier alpha value is -3.90. The first-order chi connectivity index (χ1) is 17.8. The van der Waals surface area contributed by atoms with E-state index in [1.54, 1.807) is 11.2 Å². The van der Waals surface area contributed by atoms with Crippen LogP contribution < -0.4 is 0 Å². The maximum absolute atomic E-state index is 13.3. The number of methoxy groups -OCH3 is 1. The van der Waals surface area contributed by atoms with E-state index in [0.717, 1.165) is 28.0 Å². The van der Waals surface area contributed by atoms with Crippen molar-refractivity contribution in [3.05, 3.63) is 100 Å². The molecule has 0 radical (unpaired) electrons. The summed E-state index contributed by atoms with van der Waals surface area (Å²) in [6.07, 6.45) is 3.63. The minimum atomic E-state index is -0.566. The van der Waals surface area contributed by atoms with Gasteiger partial charge >= 0.3 is 5.97 Å². The molecular weight excluding hydrogens is 486 g/mol. The molecule has 2 heterocycles. The molecule has 6 nitrogen and oxygen atoms in total. The Kier molecular flexibility index (Phi) is 8.09. The molecule has 190 valence electrons. The molecule has 0 amide bonds. The first-order valence-corrected chi connectivity index (χ1v) is 12.5. The van der Waals surface area contributed by atoms with Crippen LogP contribution in [0.3, 0.4) is 0 Å². The highest BCUT2D eigenvalue weighted by Crippen LogP contribution is 2.44. The number of nitrogens with zero attached hydrogens (tertiary/aromatic N) is 3. The van der Waals surface area contributed by atoms with Crippen molar-refractivity contribution in [1.29, 1.82) is 0 Å². The van der Waals surface area contributed by atoms with Crippen LogP contribution in [-0.2, 0) is 20.9 Å². The summed E-state index contributed by atoms with van der Waals surface area (Å²) in [6, 6.07) is 19.3. The molecule has 0 unspecified atom stereocenters. The van der Waals surface area contributed by atoms with Gasteiger partial charge in [-0.2, -0.15) is 5.10 Å². The largest absolute Gasteiger partial charge is 0.484 e. The fourth-order valence-electron chi connectivity index (χ4n) is 4.01. The Bertz CT molecular complexity index is 1390. The second kappa shape index (κ2) is 11.4. The van der Waals surface area contributed by atoms with Crippen molar-refractivity contribution in [3.8, 4) is 11.1 Å². The standard InChI is InChI=1S/C30H30ClN3O3/c1-6-25-26-24(22-13-10-14-23(31)17-22)15-16-32-27(26)29(37-18-21-11-8-7-9-12-21)28(30(35)36-5)34(25)33-20(4)19(2)3/h6-17,19H,18H2,1-5H3/b25-6+,33-20+. The van der Waals surface area contributed by atoms with Crippen molar-refractivity contribution >= 4 is 34.7 Å². The number of carbonyl (C=O) groups excluding carboxylic acids is 1. The number of hydrogen-bond acceptors (Lipinski definition) is 6. The highest BCUT2D eigenvalue weighted by Gasteiger charge is 2.38. The van der Waals surface area contributed by atoms with Gasteiger partial charge in [-0.3, -0.25) is 4.98 Å². The van der Waals surface area contributed by atoms with E-state index >= 15 is 0 Å². The van der Waals surface area contributed by atoms with Gasteiger partial charge in [-0.1, -0.05) is 74.0 Å². The lowest BCUT2D eigenvalue weighted by Gasteiger charge is -2.33. The van der Waals surface area contributed by atoms with Crippen molar-refractivity contribution < 1.29 is 14.3 Å². The topological polar surface area (TPSA) is 64.0 Å². The van der Waals surface area contributed by atoms with Crippen LogP contribution in [-0.4, -0.2) is 28.8 Å². The molecule has 37 heavy (non-hydrogen) atoms. The molecule has 0 spiro atoms. The van der Waals surface area contributed by atoms with Gasteiger partial charge in [0.25, 0.3) is 0 Å². The number of benzene rings is 2. The lowest BCUT2D eigenvalue weighted by Crippen LogP contribution is -2.31. The second-order valence-electron chi connectivity index (χ2n) is 8.92. The summed E-state index contributed by atoms with van der Waals surface area (Å²) in [7, 11) is 1.35. The number of aromatic nitrogens is 1. The average molecular weight is 516 g/mol. The third-order valence-corrected chi connectivity index (χ3v) is 6.42. The van der Waals surface area contributed by atoms with E-state index in [1.165, 1.54) is 7.11 Å². The number of ether oxygens (including phenoxy) is 2. The highest BCUT2D eigenvalue weighted by molar-refractivity contribution is 6.30. The Balaban J connectivity index is 2.02. The number of fused-ring (bicyclic) bond motifs is 1. The smallest absolute Gasteiger partial charge is 0.360 e. The van der Waals surface area contributed by atoms with Crippen LogP contribution in [0.15, 0.2) is 83.7 Å². The van der Waals surface area contributed by atoms with Gasteiger partial charge in [0.1, 0.15) is 12.3 Å². The summed E-state index contributed by atoms with van der Waals surface area (Å²) in [5.74, 6) is -0.0998. The number of allylic oxidation sites excluding steroid dienone is 1. The van der Waals surface area contributed by atoms with Gasteiger partial charge in [0.05, 0.1) is 12.8 Å². The molecule has 0 aliphatic carbocycles. The normalized spacial score (nSPS) is 14.7. The number of esters is 1. The molecule has 1 aromatic heterocycles. The zero-order valence-electron chi connectivity index (χ0n) is 21.7. The van der Waals surface area contributed by atoms with Crippen LogP contribution in [0.5, 0.6) is 0 Å². The van der Waals surface area contributed by atoms with Gasteiger partial charge in [-0.25, -0.2) is 9.80 Å². The molecule has 1 aliphatic rings. The molecule has 0 N–H and O–H groups in total. The van der Waals surface area contributed by atoms with Crippen LogP contribution in [0.1, 0.15) is 44.5 Å². The fourth-order valence-corrected chi connectivity index (χ4v) is 4.20. The minimum Gasteiger partial charge on any atom is -0.484 e. The van der Waals surface area contributed by atoms with Crippen molar-refractivity contribution in [2.24, 2.45) is 11.0 Å². The van der Waals surface area contributed by atoms with Crippen LogP contribution in [0, 0.1) is 5.92 Å². The average Bonchev–Trinajstić information content (AvgIpc) is 2.91. The predicted molar refractivity (Wildman–Crippen MR) is 148 cm³/mol.